The number of thioether (sulfide) groups is 1. The summed E-state index contributed by atoms with van der Waals surface area (Å²) in [6.45, 7) is 2.40. The molecule has 1 aromatic carbocycles. The first-order chi connectivity index (χ1) is 12.7. The van der Waals surface area contributed by atoms with E-state index >= 15 is 0 Å². The minimum Gasteiger partial charge on any atom is -0.383 e. The maximum absolute atomic E-state index is 12.1. The summed E-state index contributed by atoms with van der Waals surface area (Å²) < 4.78 is 7.03. The number of nitrogens with one attached hydrogen (secondary N) is 1. The van der Waals surface area contributed by atoms with Gasteiger partial charge in [0.25, 0.3) is 0 Å². The molecule has 1 unspecified atom stereocenters. The highest BCUT2D eigenvalue weighted by atomic mass is 32.2. The molecule has 0 saturated carbocycles. The average Bonchev–Trinajstić information content (AvgIpc) is 3.30. The molecule has 0 spiro atoms. The molecule has 0 saturated heterocycles. The first kappa shape index (κ1) is 18.6. The van der Waals surface area contributed by atoms with E-state index in [2.05, 4.69) is 15.5 Å². The molecule has 0 bridgehead atoms. The van der Waals surface area contributed by atoms with Crippen molar-refractivity contribution in [2.75, 3.05) is 19.5 Å². The van der Waals surface area contributed by atoms with Gasteiger partial charge in [0.05, 0.1) is 17.2 Å². The molecule has 136 valence electrons. The number of carbonyl (C=O) groups excluding carboxylic acids is 1. The van der Waals surface area contributed by atoms with Crippen molar-refractivity contribution in [2.45, 2.75) is 18.1 Å². The highest BCUT2D eigenvalue weighted by Crippen LogP contribution is 2.30. The predicted molar refractivity (Wildman–Crippen MR) is 105 cm³/mol. The van der Waals surface area contributed by atoms with Crippen molar-refractivity contribution in [3.05, 3.63) is 47.8 Å². The lowest BCUT2D eigenvalue weighted by Crippen LogP contribution is -2.36. The van der Waals surface area contributed by atoms with E-state index in [1.807, 2.05) is 59.3 Å². The Morgan fingerprint density at radius 2 is 2.08 bits per heavy atom. The molecular formula is C18H20N4O2S2. The van der Waals surface area contributed by atoms with E-state index in [0.29, 0.717) is 11.8 Å². The Morgan fingerprint density at radius 1 is 1.27 bits per heavy atom. The van der Waals surface area contributed by atoms with E-state index in [9.17, 15) is 4.79 Å². The van der Waals surface area contributed by atoms with Crippen molar-refractivity contribution in [1.82, 2.24) is 20.1 Å². The molecular weight excluding hydrogens is 368 g/mol. The van der Waals surface area contributed by atoms with Crippen molar-refractivity contribution >= 4 is 29.0 Å². The van der Waals surface area contributed by atoms with E-state index in [1.54, 1.807) is 18.4 Å². The van der Waals surface area contributed by atoms with Gasteiger partial charge in [0.2, 0.25) is 5.91 Å². The van der Waals surface area contributed by atoms with Crippen LogP contribution in [0.2, 0.25) is 0 Å². The standard InChI is InChI=1S/C18H20N4O2S2/c1-13(11-24-2)19-16(23)12-26-18-21-20-17(15-9-6-10-25-15)22(18)14-7-4-3-5-8-14/h3-10,13H,11-12H2,1-2H3,(H,19,23). The third-order valence-electron chi connectivity index (χ3n) is 3.55. The number of aromatic nitrogens is 3. The zero-order valence-electron chi connectivity index (χ0n) is 14.6. The van der Waals surface area contributed by atoms with Crippen LogP contribution in [0.3, 0.4) is 0 Å². The van der Waals surface area contributed by atoms with Crippen molar-refractivity contribution in [3.63, 3.8) is 0 Å². The maximum atomic E-state index is 12.1. The summed E-state index contributed by atoms with van der Waals surface area (Å²) in [5, 5.41) is 14.3. The molecule has 1 amide bonds. The Morgan fingerprint density at radius 3 is 2.77 bits per heavy atom. The van der Waals surface area contributed by atoms with Gasteiger partial charge in [0, 0.05) is 18.8 Å². The summed E-state index contributed by atoms with van der Waals surface area (Å²) in [7, 11) is 1.62. The third kappa shape index (κ3) is 4.51. The molecule has 0 aliphatic heterocycles. The number of thiophene rings is 1. The predicted octanol–water partition coefficient (Wildman–Crippen LogP) is 3.24. The molecule has 1 N–H and O–H groups in total. The SMILES string of the molecule is COCC(C)NC(=O)CSc1nnc(-c2cccs2)n1-c1ccccc1. The summed E-state index contributed by atoms with van der Waals surface area (Å²) in [4.78, 5) is 13.2. The molecule has 0 aliphatic carbocycles. The molecule has 3 rings (SSSR count). The Labute approximate surface area is 160 Å². The van der Waals surface area contributed by atoms with Gasteiger partial charge in [-0.05, 0) is 30.5 Å². The van der Waals surface area contributed by atoms with Crippen molar-refractivity contribution in [2.24, 2.45) is 0 Å². The lowest BCUT2D eigenvalue weighted by molar-refractivity contribution is -0.119. The van der Waals surface area contributed by atoms with Crippen LogP contribution in [0.1, 0.15) is 6.92 Å². The fraction of sp³-hybridized carbons (Fsp3) is 0.278. The molecule has 26 heavy (non-hydrogen) atoms. The third-order valence-corrected chi connectivity index (χ3v) is 5.34. The Kier molecular flexibility index (Phi) is 6.43. The van der Waals surface area contributed by atoms with Crippen LogP contribution in [0, 0.1) is 0 Å². The van der Waals surface area contributed by atoms with Crippen LogP contribution < -0.4 is 5.32 Å². The van der Waals surface area contributed by atoms with Crippen LogP contribution in [0.5, 0.6) is 0 Å². The van der Waals surface area contributed by atoms with Gasteiger partial charge in [-0.2, -0.15) is 0 Å². The second kappa shape index (κ2) is 8.98. The minimum absolute atomic E-state index is 0.0261. The van der Waals surface area contributed by atoms with Gasteiger partial charge in [-0.15, -0.1) is 21.5 Å². The molecule has 8 heteroatoms. The fourth-order valence-electron chi connectivity index (χ4n) is 2.48. The van der Waals surface area contributed by atoms with E-state index in [4.69, 9.17) is 4.74 Å². The van der Waals surface area contributed by atoms with E-state index in [-0.39, 0.29) is 17.7 Å². The molecule has 2 heterocycles. The Balaban J connectivity index is 1.80. The summed E-state index contributed by atoms with van der Waals surface area (Å²) in [6, 6.07) is 13.9. The number of benzene rings is 1. The number of nitrogens with zero attached hydrogens (tertiary/aromatic N) is 3. The average molecular weight is 389 g/mol. The van der Waals surface area contributed by atoms with Crippen LogP contribution in [0.4, 0.5) is 0 Å². The summed E-state index contributed by atoms with van der Waals surface area (Å²) >= 11 is 2.98. The molecule has 0 fully saturated rings. The molecule has 2 aromatic heterocycles. The van der Waals surface area contributed by atoms with Crippen molar-refractivity contribution < 1.29 is 9.53 Å². The largest absolute Gasteiger partial charge is 0.383 e. The van der Waals surface area contributed by atoms with Crippen LogP contribution in [0.15, 0.2) is 53.0 Å². The van der Waals surface area contributed by atoms with Crippen LogP contribution >= 0.6 is 23.1 Å². The van der Waals surface area contributed by atoms with Gasteiger partial charge in [-0.3, -0.25) is 9.36 Å². The molecule has 3 aromatic rings. The van der Waals surface area contributed by atoms with Gasteiger partial charge >= 0.3 is 0 Å². The minimum atomic E-state index is -0.0557. The summed E-state index contributed by atoms with van der Waals surface area (Å²) in [5.74, 6) is 0.991. The number of carbonyl (C=O) groups is 1. The fourth-order valence-corrected chi connectivity index (χ4v) is 3.94. The topological polar surface area (TPSA) is 69.0 Å². The molecule has 1 atom stereocenters. The van der Waals surface area contributed by atoms with Gasteiger partial charge in [-0.25, -0.2) is 0 Å². The highest BCUT2D eigenvalue weighted by molar-refractivity contribution is 7.99. The number of hydrogen-bond donors (Lipinski definition) is 1. The van der Waals surface area contributed by atoms with Crippen molar-refractivity contribution in [3.8, 4) is 16.4 Å². The number of rotatable bonds is 8. The number of amides is 1. The molecule has 0 aliphatic rings. The zero-order valence-corrected chi connectivity index (χ0v) is 16.2. The molecule has 0 radical (unpaired) electrons. The summed E-state index contributed by atoms with van der Waals surface area (Å²) in [5.41, 5.74) is 0.969. The van der Waals surface area contributed by atoms with Crippen molar-refractivity contribution in [1.29, 1.82) is 0 Å². The maximum Gasteiger partial charge on any atom is 0.230 e. The Bertz CT molecular complexity index is 834. The van der Waals surface area contributed by atoms with E-state index < -0.39 is 0 Å². The molecule has 6 nitrogen and oxygen atoms in total. The number of methoxy groups -OCH3 is 1. The smallest absolute Gasteiger partial charge is 0.230 e. The number of ether oxygens (including phenoxy) is 1. The first-order valence-corrected chi connectivity index (χ1v) is 10.0. The Hall–Kier alpha value is -2.16. The van der Waals surface area contributed by atoms with Crippen LogP contribution in [-0.4, -0.2) is 46.2 Å². The highest BCUT2D eigenvalue weighted by Gasteiger charge is 2.18. The number of para-hydroxylation sites is 1. The number of hydrogen-bond acceptors (Lipinski definition) is 6. The van der Waals surface area contributed by atoms with Gasteiger partial charge in [0.1, 0.15) is 0 Å². The second-order valence-electron chi connectivity index (χ2n) is 5.67. The van der Waals surface area contributed by atoms with Crippen LogP contribution in [0.25, 0.3) is 16.4 Å². The van der Waals surface area contributed by atoms with Gasteiger partial charge in [0.15, 0.2) is 11.0 Å². The van der Waals surface area contributed by atoms with E-state index in [0.717, 1.165) is 16.4 Å². The van der Waals surface area contributed by atoms with Gasteiger partial charge in [-0.1, -0.05) is 36.0 Å². The summed E-state index contributed by atoms with van der Waals surface area (Å²) in [6.07, 6.45) is 0. The lowest BCUT2D eigenvalue weighted by atomic mass is 10.3. The van der Waals surface area contributed by atoms with Gasteiger partial charge < -0.3 is 10.1 Å². The van der Waals surface area contributed by atoms with E-state index in [1.165, 1.54) is 11.8 Å². The lowest BCUT2D eigenvalue weighted by Gasteiger charge is -2.13. The first-order valence-electron chi connectivity index (χ1n) is 8.15. The monoisotopic (exact) mass is 388 g/mol. The normalized spacial score (nSPS) is 12.1. The zero-order chi connectivity index (χ0) is 18.4. The van der Waals surface area contributed by atoms with Crippen LogP contribution in [-0.2, 0) is 9.53 Å². The second-order valence-corrected chi connectivity index (χ2v) is 7.56. The quantitative estimate of drug-likeness (QED) is 0.600.